The van der Waals surface area contributed by atoms with E-state index >= 15 is 0 Å². The Balaban J connectivity index is 3.19. The van der Waals surface area contributed by atoms with Crippen molar-refractivity contribution in [2.45, 2.75) is 6.92 Å². The smallest absolute Gasteiger partial charge is 0.0567 e. The number of nitrogens with zero attached hydrogens (tertiary/aromatic N) is 1. The predicted molar refractivity (Wildman–Crippen MR) is 38.4 cm³/mol. The van der Waals surface area contributed by atoms with Gasteiger partial charge in [0.2, 0.25) is 0 Å². The van der Waals surface area contributed by atoms with Crippen LogP contribution in [0.5, 0.6) is 0 Å². The van der Waals surface area contributed by atoms with Gasteiger partial charge in [0.25, 0.3) is 0 Å². The third kappa shape index (κ3) is 5.15. The van der Waals surface area contributed by atoms with Crippen LogP contribution in [0, 0.1) is 0 Å². The van der Waals surface area contributed by atoms with Crippen LogP contribution >= 0.6 is 0 Å². The lowest BCUT2D eigenvalue weighted by atomic mass is 10.5. The van der Waals surface area contributed by atoms with Crippen molar-refractivity contribution in [3.05, 3.63) is 24.8 Å². The first-order chi connectivity index (χ1) is 3.91. The van der Waals surface area contributed by atoms with Crippen LogP contribution in [0.2, 0.25) is 0 Å². The highest BCUT2D eigenvalue weighted by molar-refractivity contribution is 5.70. The molecule has 0 aliphatic heterocycles. The van der Waals surface area contributed by atoms with E-state index in [1.54, 1.807) is 12.3 Å². The van der Waals surface area contributed by atoms with Crippen molar-refractivity contribution in [2.24, 2.45) is 4.99 Å². The molecule has 0 aliphatic carbocycles. The Morgan fingerprint density at radius 3 is 2.88 bits per heavy atom. The summed E-state index contributed by atoms with van der Waals surface area (Å²) < 4.78 is 0. The van der Waals surface area contributed by atoms with Crippen LogP contribution in [-0.4, -0.2) is 12.8 Å². The molecular weight excluding hydrogens is 98.1 g/mol. The van der Waals surface area contributed by atoms with Gasteiger partial charge in [0, 0.05) is 6.21 Å². The Kier molecular flexibility index (Phi) is 5.50. The second-order valence-electron chi connectivity index (χ2n) is 1.33. The lowest BCUT2D eigenvalue weighted by Gasteiger charge is -1.74. The topological polar surface area (TPSA) is 12.4 Å². The molecule has 0 radical (unpaired) electrons. The zero-order valence-electron chi connectivity index (χ0n) is 5.17. The summed E-state index contributed by atoms with van der Waals surface area (Å²) in [6.45, 7) is 6.19. The van der Waals surface area contributed by atoms with Crippen LogP contribution in [0.4, 0.5) is 0 Å². The Labute approximate surface area is 50.4 Å². The zero-order chi connectivity index (χ0) is 6.24. The lowest BCUT2D eigenvalue weighted by Crippen LogP contribution is -1.69. The zero-order valence-corrected chi connectivity index (χ0v) is 5.17. The van der Waals surface area contributed by atoms with Gasteiger partial charge in [0.15, 0.2) is 0 Å². The molecule has 0 fully saturated rings. The number of rotatable bonds is 3. The molecule has 0 rings (SSSR count). The first-order valence-electron chi connectivity index (χ1n) is 2.63. The number of hydrogen-bond donors (Lipinski definition) is 0. The van der Waals surface area contributed by atoms with Gasteiger partial charge in [-0.05, 0) is 13.0 Å². The number of allylic oxidation sites excluding steroid dienone is 2. The largest absolute Gasteiger partial charge is 0.289 e. The molecule has 0 saturated carbocycles. The fraction of sp³-hybridized carbons (Fsp3) is 0.286. The van der Waals surface area contributed by atoms with Crippen LogP contribution in [0.3, 0.4) is 0 Å². The Morgan fingerprint density at radius 1 is 1.62 bits per heavy atom. The predicted octanol–water partition coefficient (Wildman–Crippen LogP) is 1.82. The number of hydrogen-bond acceptors (Lipinski definition) is 1. The maximum Gasteiger partial charge on any atom is 0.0567 e. The van der Waals surface area contributed by atoms with Gasteiger partial charge in [-0.1, -0.05) is 12.2 Å². The summed E-state index contributed by atoms with van der Waals surface area (Å²) in [6.07, 6.45) is 7.36. The van der Waals surface area contributed by atoms with E-state index in [0.717, 1.165) is 0 Å². The second kappa shape index (κ2) is 6.15. The summed E-state index contributed by atoms with van der Waals surface area (Å²) in [7, 11) is 0. The van der Waals surface area contributed by atoms with E-state index in [0.29, 0.717) is 6.54 Å². The van der Waals surface area contributed by atoms with Crippen LogP contribution in [-0.2, 0) is 0 Å². The van der Waals surface area contributed by atoms with E-state index in [9.17, 15) is 0 Å². The summed E-state index contributed by atoms with van der Waals surface area (Å²) >= 11 is 0. The molecular formula is C7H11N. The molecule has 0 amide bonds. The van der Waals surface area contributed by atoms with E-state index in [4.69, 9.17) is 0 Å². The molecule has 0 atom stereocenters. The van der Waals surface area contributed by atoms with Crippen molar-refractivity contribution in [3.8, 4) is 0 Å². The summed E-state index contributed by atoms with van der Waals surface area (Å²) in [5, 5.41) is 0. The van der Waals surface area contributed by atoms with Gasteiger partial charge >= 0.3 is 0 Å². The Morgan fingerprint density at radius 2 is 2.38 bits per heavy atom. The molecule has 44 valence electrons. The molecule has 0 aromatic heterocycles. The van der Waals surface area contributed by atoms with Crippen LogP contribution in [0.25, 0.3) is 0 Å². The third-order valence-electron chi connectivity index (χ3n) is 0.618. The summed E-state index contributed by atoms with van der Waals surface area (Å²) in [5.74, 6) is 0. The first-order valence-corrected chi connectivity index (χ1v) is 2.63. The van der Waals surface area contributed by atoms with Crippen LogP contribution in [0.1, 0.15) is 6.92 Å². The second-order valence-corrected chi connectivity index (χ2v) is 1.33. The molecule has 1 nitrogen and oxygen atoms in total. The standard InChI is InChI=1S/C7H11N/c1-3-5-7-8-6-4-2/h3-5,7H,2,6H2,1H3/b5-3+,8-7+. The fourth-order valence-electron chi connectivity index (χ4n) is 0.282. The van der Waals surface area contributed by atoms with Crippen molar-refractivity contribution in [2.75, 3.05) is 6.54 Å². The van der Waals surface area contributed by atoms with Crippen molar-refractivity contribution in [1.82, 2.24) is 0 Å². The first kappa shape index (κ1) is 7.15. The van der Waals surface area contributed by atoms with E-state index < -0.39 is 0 Å². The molecule has 0 aromatic rings. The van der Waals surface area contributed by atoms with Crippen molar-refractivity contribution in [3.63, 3.8) is 0 Å². The van der Waals surface area contributed by atoms with Crippen molar-refractivity contribution < 1.29 is 0 Å². The average molecular weight is 109 g/mol. The highest BCUT2D eigenvalue weighted by atomic mass is 14.7. The van der Waals surface area contributed by atoms with Gasteiger partial charge in [-0.3, -0.25) is 4.99 Å². The third-order valence-corrected chi connectivity index (χ3v) is 0.618. The van der Waals surface area contributed by atoms with Crippen LogP contribution < -0.4 is 0 Å². The molecule has 1 heteroatoms. The summed E-state index contributed by atoms with van der Waals surface area (Å²) in [5.41, 5.74) is 0. The number of aliphatic imine (C=N–C) groups is 1. The monoisotopic (exact) mass is 109 g/mol. The van der Waals surface area contributed by atoms with Gasteiger partial charge in [-0.25, -0.2) is 0 Å². The minimum Gasteiger partial charge on any atom is -0.289 e. The van der Waals surface area contributed by atoms with E-state index in [-0.39, 0.29) is 0 Å². The van der Waals surface area contributed by atoms with Crippen LogP contribution in [0.15, 0.2) is 29.8 Å². The molecule has 0 bridgehead atoms. The van der Waals surface area contributed by atoms with E-state index in [2.05, 4.69) is 11.6 Å². The Hall–Kier alpha value is -0.850. The maximum absolute atomic E-state index is 3.95. The summed E-state index contributed by atoms with van der Waals surface area (Å²) in [6, 6.07) is 0. The van der Waals surface area contributed by atoms with Gasteiger partial charge in [0.05, 0.1) is 6.54 Å². The SMILES string of the molecule is C=CC/N=C/C=C/C. The molecule has 0 saturated heterocycles. The average Bonchev–Trinajstić information content (AvgIpc) is 1.81. The molecule has 8 heavy (non-hydrogen) atoms. The highest BCUT2D eigenvalue weighted by Crippen LogP contribution is 1.69. The molecule has 0 N–H and O–H groups in total. The van der Waals surface area contributed by atoms with E-state index in [1.807, 2.05) is 19.1 Å². The molecule has 0 spiro atoms. The molecule has 0 heterocycles. The van der Waals surface area contributed by atoms with Gasteiger partial charge in [-0.2, -0.15) is 0 Å². The quantitative estimate of drug-likeness (QED) is 0.387. The minimum absolute atomic E-state index is 0.713. The lowest BCUT2D eigenvalue weighted by molar-refractivity contribution is 1.27. The molecule has 0 unspecified atom stereocenters. The summed E-state index contributed by atoms with van der Waals surface area (Å²) in [4.78, 5) is 3.95. The van der Waals surface area contributed by atoms with Crippen molar-refractivity contribution in [1.29, 1.82) is 0 Å². The normalized spacial score (nSPS) is 11.1. The van der Waals surface area contributed by atoms with E-state index in [1.165, 1.54) is 0 Å². The van der Waals surface area contributed by atoms with Gasteiger partial charge < -0.3 is 0 Å². The van der Waals surface area contributed by atoms with Crippen molar-refractivity contribution >= 4 is 6.21 Å². The van der Waals surface area contributed by atoms with Gasteiger partial charge in [-0.15, -0.1) is 6.58 Å². The molecule has 0 aliphatic rings. The fourth-order valence-corrected chi connectivity index (χ4v) is 0.282. The minimum atomic E-state index is 0.713. The maximum atomic E-state index is 3.95. The Bertz CT molecular complexity index is 101. The highest BCUT2D eigenvalue weighted by Gasteiger charge is 1.61. The molecule has 0 aromatic carbocycles. The van der Waals surface area contributed by atoms with Gasteiger partial charge in [0.1, 0.15) is 0 Å².